The summed E-state index contributed by atoms with van der Waals surface area (Å²) in [6.07, 6.45) is 3.60. The van der Waals surface area contributed by atoms with E-state index in [1.165, 1.54) is 19.3 Å². The second-order valence-corrected chi connectivity index (χ2v) is 8.32. The van der Waals surface area contributed by atoms with Crippen LogP contribution in [0.25, 0.3) is 0 Å². The molecule has 1 heterocycles. The second kappa shape index (κ2) is 8.48. The van der Waals surface area contributed by atoms with Crippen LogP contribution in [0.2, 0.25) is 0 Å². The van der Waals surface area contributed by atoms with Crippen LogP contribution in [0.15, 0.2) is 29.3 Å². The Bertz CT molecular complexity index is 648. The van der Waals surface area contributed by atoms with Crippen LogP contribution in [0.3, 0.4) is 0 Å². The van der Waals surface area contributed by atoms with E-state index in [1.54, 1.807) is 0 Å². The number of benzene rings is 1. The van der Waals surface area contributed by atoms with Gasteiger partial charge in [0.05, 0.1) is 12.3 Å². The average molecular weight is 353 g/mol. The first kappa shape index (κ1) is 18.7. The van der Waals surface area contributed by atoms with Crippen LogP contribution < -0.4 is 10.5 Å². The van der Waals surface area contributed by atoms with Crippen LogP contribution in [-0.2, 0) is 22.3 Å². The quantitative estimate of drug-likeness (QED) is 0.604. The molecule has 3 N–H and O–H groups in total. The fourth-order valence-corrected chi connectivity index (χ4v) is 4.19. The molecule has 1 aliphatic heterocycles. The summed E-state index contributed by atoms with van der Waals surface area (Å²) in [7, 11) is -3.29. The van der Waals surface area contributed by atoms with Gasteiger partial charge in [-0.25, -0.2) is 18.1 Å². The number of nitrogens with two attached hydrogens (primary N) is 1. The molecule has 1 saturated heterocycles. The van der Waals surface area contributed by atoms with Crippen LogP contribution in [0.1, 0.15) is 44.2 Å². The van der Waals surface area contributed by atoms with Gasteiger partial charge in [0, 0.05) is 19.1 Å². The Morgan fingerprint density at radius 1 is 1.17 bits per heavy atom. The number of hydrogen-bond donors (Lipinski definition) is 2. The van der Waals surface area contributed by atoms with E-state index in [9.17, 15) is 8.42 Å². The largest absolute Gasteiger partial charge is 0.370 e. The van der Waals surface area contributed by atoms with Crippen molar-refractivity contribution in [3.8, 4) is 0 Å². The Labute approximate surface area is 145 Å². The predicted molar refractivity (Wildman–Crippen MR) is 98.1 cm³/mol. The molecule has 0 atom stereocenters. The predicted octanol–water partition coefficient (Wildman–Crippen LogP) is 1.81. The Balaban J connectivity index is 1.92. The van der Waals surface area contributed by atoms with Gasteiger partial charge < -0.3 is 10.6 Å². The summed E-state index contributed by atoms with van der Waals surface area (Å²) >= 11 is 0. The molecule has 7 heteroatoms. The van der Waals surface area contributed by atoms with E-state index in [1.807, 2.05) is 38.1 Å². The highest BCUT2D eigenvalue weighted by molar-refractivity contribution is 7.88. The fraction of sp³-hybridized carbons (Fsp3) is 0.588. The first-order valence-electron chi connectivity index (χ1n) is 8.48. The van der Waals surface area contributed by atoms with Gasteiger partial charge in [0.2, 0.25) is 10.0 Å². The molecule has 2 rings (SSSR count). The van der Waals surface area contributed by atoms with E-state index in [-0.39, 0.29) is 11.8 Å². The zero-order valence-electron chi connectivity index (χ0n) is 14.5. The third-order valence-corrected chi connectivity index (χ3v) is 5.44. The summed E-state index contributed by atoms with van der Waals surface area (Å²) in [6, 6.07) is 7.39. The van der Waals surface area contributed by atoms with Crippen molar-refractivity contribution >= 4 is 16.0 Å². The van der Waals surface area contributed by atoms with Crippen molar-refractivity contribution in [3.05, 3.63) is 35.4 Å². The van der Waals surface area contributed by atoms with Gasteiger partial charge in [-0.1, -0.05) is 24.3 Å². The number of aliphatic imine (C=N–C) groups is 1. The van der Waals surface area contributed by atoms with E-state index < -0.39 is 10.0 Å². The lowest BCUT2D eigenvalue weighted by Crippen LogP contribution is -2.40. The molecule has 0 radical (unpaired) electrons. The minimum absolute atomic E-state index is 0.00928. The van der Waals surface area contributed by atoms with Gasteiger partial charge in [-0.05, 0) is 44.2 Å². The van der Waals surface area contributed by atoms with E-state index in [4.69, 9.17) is 5.73 Å². The van der Waals surface area contributed by atoms with Crippen LogP contribution in [0.4, 0.5) is 0 Å². The van der Waals surface area contributed by atoms with Gasteiger partial charge in [0.25, 0.3) is 0 Å². The van der Waals surface area contributed by atoms with E-state index in [2.05, 4.69) is 14.6 Å². The maximum absolute atomic E-state index is 11.9. The maximum atomic E-state index is 11.9. The molecule has 0 aliphatic carbocycles. The number of hydrogen-bond acceptors (Lipinski definition) is 3. The molecule has 6 nitrogen and oxygen atoms in total. The number of guanidine groups is 1. The van der Waals surface area contributed by atoms with Crippen LogP contribution in [-0.4, -0.2) is 38.4 Å². The molecule has 1 aromatic rings. The topological polar surface area (TPSA) is 87.8 Å². The summed E-state index contributed by atoms with van der Waals surface area (Å²) in [5, 5.41) is 0. The van der Waals surface area contributed by atoms with Crippen molar-refractivity contribution in [2.24, 2.45) is 10.7 Å². The molecule has 0 saturated carbocycles. The Morgan fingerprint density at radius 3 is 2.33 bits per heavy atom. The van der Waals surface area contributed by atoms with Crippen molar-refractivity contribution < 1.29 is 8.42 Å². The number of nitrogens with zero attached hydrogens (tertiary/aromatic N) is 2. The smallest absolute Gasteiger partial charge is 0.216 e. The van der Waals surface area contributed by atoms with Gasteiger partial charge in [0.1, 0.15) is 0 Å². The number of rotatable bonds is 6. The lowest BCUT2D eigenvalue weighted by atomic mass is 10.1. The standard InChI is InChI=1S/C17H28N4O2S/c1-14(2)20-24(22,23)13-16-8-6-15(7-9-16)12-19-17(18)21-10-4-3-5-11-21/h6-9,14,20H,3-5,10-13H2,1-2H3,(H2,18,19). The fourth-order valence-electron chi connectivity index (χ4n) is 2.76. The SMILES string of the molecule is CC(C)NS(=O)(=O)Cc1ccc(CN=C(N)N2CCCCC2)cc1. The Kier molecular flexibility index (Phi) is 6.62. The van der Waals surface area contributed by atoms with Gasteiger partial charge in [0.15, 0.2) is 5.96 Å². The third kappa shape index (κ3) is 6.13. The van der Waals surface area contributed by atoms with Crippen molar-refractivity contribution in [1.29, 1.82) is 0 Å². The molecule has 0 aromatic heterocycles. The van der Waals surface area contributed by atoms with Crippen LogP contribution >= 0.6 is 0 Å². The van der Waals surface area contributed by atoms with Crippen molar-refractivity contribution in [1.82, 2.24) is 9.62 Å². The first-order chi connectivity index (χ1) is 11.4. The summed E-state index contributed by atoms with van der Waals surface area (Å²) in [4.78, 5) is 6.58. The molecule has 1 fully saturated rings. The lowest BCUT2D eigenvalue weighted by molar-refractivity contribution is 0.338. The lowest BCUT2D eigenvalue weighted by Gasteiger charge is -2.27. The van der Waals surface area contributed by atoms with E-state index in [0.29, 0.717) is 12.5 Å². The second-order valence-electron chi connectivity index (χ2n) is 6.57. The zero-order valence-corrected chi connectivity index (χ0v) is 15.3. The molecule has 0 spiro atoms. The maximum Gasteiger partial charge on any atom is 0.216 e. The zero-order chi connectivity index (χ0) is 17.6. The molecule has 0 amide bonds. The summed E-state index contributed by atoms with van der Waals surface area (Å²) in [6.45, 7) is 6.10. The molecular weight excluding hydrogens is 324 g/mol. The third-order valence-electron chi connectivity index (χ3n) is 3.90. The minimum atomic E-state index is -3.29. The monoisotopic (exact) mass is 352 g/mol. The summed E-state index contributed by atoms with van der Waals surface area (Å²) in [5.41, 5.74) is 7.83. The van der Waals surface area contributed by atoms with Crippen molar-refractivity contribution in [3.63, 3.8) is 0 Å². The van der Waals surface area contributed by atoms with Crippen molar-refractivity contribution in [2.45, 2.75) is 51.4 Å². The normalized spacial score (nSPS) is 16.6. The summed E-state index contributed by atoms with van der Waals surface area (Å²) < 4.78 is 26.4. The molecule has 1 aromatic carbocycles. The molecule has 134 valence electrons. The van der Waals surface area contributed by atoms with E-state index >= 15 is 0 Å². The molecular formula is C17H28N4O2S. The number of nitrogens with one attached hydrogen (secondary N) is 1. The molecule has 0 bridgehead atoms. The van der Waals surface area contributed by atoms with Gasteiger partial charge in [-0.2, -0.15) is 0 Å². The Hall–Kier alpha value is -1.60. The minimum Gasteiger partial charge on any atom is -0.370 e. The molecule has 1 aliphatic rings. The number of sulfonamides is 1. The highest BCUT2D eigenvalue weighted by atomic mass is 32.2. The van der Waals surface area contributed by atoms with Crippen LogP contribution in [0, 0.1) is 0 Å². The Morgan fingerprint density at radius 2 is 1.75 bits per heavy atom. The van der Waals surface area contributed by atoms with Crippen molar-refractivity contribution in [2.75, 3.05) is 13.1 Å². The molecule has 0 unspecified atom stereocenters. The van der Waals surface area contributed by atoms with Gasteiger partial charge >= 0.3 is 0 Å². The van der Waals surface area contributed by atoms with Gasteiger partial charge in [-0.15, -0.1) is 0 Å². The molecule has 24 heavy (non-hydrogen) atoms. The number of piperidine rings is 1. The summed E-state index contributed by atoms with van der Waals surface area (Å²) in [5.74, 6) is 0.590. The average Bonchev–Trinajstić information content (AvgIpc) is 2.53. The van der Waals surface area contributed by atoms with Gasteiger partial charge in [-0.3, -0.25) is 0 Å². The highest BCUT2D eigenvalue weighted by Crippen LogP contribution is 2.11. The van der Waals surface area contributed by atoms with Crippen LogP contribution in [0.5, 0.6) is 0 Å². The first-order valence-corrected chi connectivity index (χ1v) is 10.1. The van der Waals surface area contributed by atoms with E-state index in [0.717, 1.165) is 24.2 Å². The number of likely N-dealkylation sites (tertiary alicyclic amines) is 1. The highest BCUT2D eigenvalue weighted by Gasteiger charge is 2.13.